The van der Waals surface area contributed by atoms with E-state index in [4.69, 9.17) is 4.98 Å². The van der Waals surface area contributed by atoms with Gasteiger partial charge in [0.25, 0.3) is 0 Å². The molecule has 2 atom stereocenters. The van der Waals surface area contributed by atoms with Crippen LogP contribution in [0.25, 0.3) is 0 Å². The summed E-state index contributed by atoms with van der Waals surface area (Å²) < 4.78 is 0. The molecule has 1 aromatic rings. The molecule has 2 rings (SSSR count). The van der Waals surface area contributed by atoms with E-state index in [0.717, 1.165) is 18.7 Å². The monoisotopic (exact) mass is 295 g/mol. The van der Waals surface area contributed by atoms with E-state index in [2.05, 4.69) is 45.3 Å². The summed E-state index contributed by atoms with van der Waals surface area (Å²) in [5.41, 5.74) is 1.22. The SMILES string of the molecule is Cc1nc(C(C)(C)C)sc1C(C)NCC1CCC(=O)N1. The maximum atomic E-state index is 11.2. The quantitative estimate of drug-likeness (QED) is 0.898. The molecule has 0 saturated carbocycles. The number of carbonyl (C=O) groups excluding carboxylic acids is 1. The van der Waals surface area contributed by atoms with Crippen molar-refractivity contribution >= 4 is 17.2 Å². The average Bonchev–Trinajstić information content (AvgIpc) is 2.92. The van der Waals surface area contributed by atoms with Crippen molar-refractivity contribution in [1.29, 1.82) is 0 Å². The number of thiazole rings is 1. The number of hydrogen-bond acceptors (Lipinski definition) is 4. The van der Waals surface area contributed by atoms with Crippen LogP contribution in [0.2, 0.25) is 0 Å². The molecule has 1 aromatic heterocycles. The van der Waals surface area contributed by atoms with Crippen molar-refractivity contribution in [2.75, 3.05) is 6.54 Å². The number of aromatic nitrogens is 1. The molecule has 20 heavy (non-hydrogen) atoms. The summed E-state index contributed by atoms with van der Waals surface area (Å²) in [4.78, 5) is 17.2. The molecule has 2 heterocycles. The molecule has 4 nitrogen and oxygen atoms in total. The van der Waals surface area contributed by atoms with E-state index in [1.54, 1.807) is 11.3 Å². The third-order valence-electron chi connectivity index (χ3n) is 3.62. The molecule has 2 unspecified atom stereocenters. The first-order valence-corrected chi connectivity index (χ1v) is 8.09. The van der Waals surface area contributed by atoms with Crippen molar-refractivity contribution in [2.24, 2.45) is 0 Å². The van der Waals surface area contributed by atoms with Gasteiger partial charge in [-0.25, -0.2) is 4.98 Å². The van der Waals surface area contributed by atoms with Gasteiger partial charge in [0.05, 0.1) is 10.7 Å². The molecule has 0 aliphatic carbocycles. The minimum Gasteiger partial charge on any atom is -0.352 e. The number of hydrogen-bond donors (Lipinski definition) is 2. The Morgan fingerprint density at radius 2 is 2.20 bits per heavy atom. The van der Waals surface area contributed by atoms with Crippen molar-refractivity contribution in [2.45, 2.75) is 65.0 Å². The first kappa shape index (κ1) is 15.4. The van der Waals surface area contributed by atoms with Gasteiger partial charge in [-0.2, -0.15) is 0 Å². The van der Waals surface area contributed by atoms with Crippen molar-refractivity contribution < 1.29 is 4.79 Å². The summed E-state index contributed by atoms with van der Waals surface area (Å²) in [7, 11) is 0. The highest BCUT2D eigenvalue weighted by Crippen LogP contribution is 2.32. The van der Waals surface area contributed by atoms with Gasteiger partial charge in [0.15, 0.2) is 0 Å². The van der Waals surface area contributed by atoms with Crippen molar-refractivity contribution in [3.8, 4) is 0 Å². The molecular formula is C15H25N3OS. The summed E-state index contributed by atoms with van der Waals surface area (Å²) in [6, 6.07) is 0.557. The fourth-order valence-electron chi connectivity index (χ4n) is 2.37. The first-order chi connectivity index (χ1) is 9.27. The Bertz CT molecular complexity index is 490. The average molecular weight is 295 g/mol. The summed E-state index contributed by atoms with van der Waals surface area (Å²) >= 11 is 1.80. The van der Waals surface area contributed by atoms with E-state index in [9.17, 15) is 4.79 Å². The third-order valence-corrected chi connectivity index (χ3v) is 5.39. The Balaban J connectivity index is 1.97. The lowest BCUT2D eigenvalue weighted by Crippen LogP contribution is -2.36. The second-order valence-electron chi connectivity index (χ2n) is 6.65. The number of amides is 1. The lowest BCUT2D eigenvalue weighted by atomic mass is 9.98. The predicted molar refractivity (Wildman–Crippen MR) is 83.1 cm³/mol. The van der Waals surface area contributed by atoms with Crippen LogP contribution in [0.5, 0.6) is 0 Å². The molecule has 1 amide bonds. The highest BCUT2D eigenvalue weighted by Gasteiger charge is 2.24. The molecule has 1 fully saturated rings. The van der Waals surface area contributed by atoms with Crippen LogP contribution in [0.4, 0.5) is 0 Å². The summed E-state index contributed by atoms with van der Waals surface area (Å²) in [6.45, 7) is 11.7. The minimum absolute atomic E-state index is 0.104. The zero-order valence-corrected chi connectivity index (χ0v) is 13.9. The van der Waals surface area contributed by atoms with Crippen LogP contribution in [0.1, 0.15) is 62.2 Å². The molecule has 2 N–H and O–H groups in total. The largest absolute Gasteiger partial charge is 0.352 e. The molecule has 112 valence electrons. The topological polar surface area (TPSA) is 54.0 Å². The molecule has 1 aliphatic rings. The molecule has 0 spiro atoms. The molecular weight excluding hydrogens is 270 g/mol. The van der Waals surface area contributed by atoms with Crippen LogP contribution in [0.15, 0.2) is 0 Å². The number of nitrogens with one attached hydrogen (secondary N) is 2. The Morgan fingerprint density at radius 3 is 2.70 bits per heavy atom. The van der Waals surface area contributed by atoms with Crippen molar-refractivity contribution in [3.63, 3.8) is 0 Å². The van der Waals surface area contributed by atoms with E-state index in [-0.39, 0.29) is 23.4 Å². The van der Waals surface area contributed by atoms with E-state index < -0.39 is 0 Å². The number of rotatable bonds is 4. The summed E-state index contributed by atoms with van der Waals surface area (Å²) in [5.74, 6) is 0.174. The van der Waals surface area contributed by atoms with E-state index >= 15 is 0 Å². The molecule has 0 radical (unpaired) electrons. The van der Waals surface area contributed by atoms with Crippen LogP contribution in [-0.2, 0) is 10.2 Å². The van der Waals surface area contributed by atoms with Gasteiger partial charge < -0.3 is 10.6 Å². The third kappa shape index (κ3) is 3.58. The molecule has 0 aromatic carbocycles. The standard InChI is InChI=1S/C15H25N3OS/c1-9(16-8-11-6-7-12(19)18-11)13-10(2)17-14(20-13)15(3,4)5/h9,11,16H,6-8H2,1-5H3,(H,18,19). The van der Waals surface area contributed by atoms with E-state index in [0.29, 0.717) is 6.42 Å². The lowest BCUT2D eigenvalue weighted by Gasteiger charge is -2.17. The van der Waals surface area contributed by atoms with Crippen molar-refractivity contribution in [3.05, 3.63) is 15.6 Å². The van der Waals surface area contributed by atoms with E-state index in [1.807, 2.05) is 0 Å². The summed E-state index contributed by atoms with van der Waals surface area (Å²) in [6.07, 6.45) is 1.60. The molecule has 1 aliphatic heterocycles. The van der Waals surface area contributed by atoms with Gasteiger partial charge in [0.1, 0.15) is 0 Å². The maximum Gasteiger partial charge on any atom is 0.220 e. The predicted octanol–water partition coefficient (Wildman–Crippen LogP) is 2.68. The normalized spacial score (nSPS) is 21.1. The van der Waals surface area contributed by atoms with E-state index in [1.165, 1.54) is 9.88 Å². The fourth-order valence-corrected chi connectivity index (χ4v) is 3.52. The van der Waals surface area contributed by atoms with Crippen LogP contribution in [0.3, 0.4) is 0 Å². The zero-order chi connectivity index (χ0) is 14.9. The molecule has 1 saturated heterocycles. The Labute approximate surface area is 125 Å². The van der Waals surface area contributed by atoms with Crippen LogP contribution in [0, 0.1) is 6.92 Å². The highest BCUT2D eigenvalue weighted by molar-refractivity contribution is 7.12. The van der Waals surface area contributed by atoms with Crippen molar-refractivity contribution in [1.82, 2.24) is 15.6 Å². The van der Waals surface area contributed by atoms with Gasteiger partial charge >= 0.3 is 0 Å². The van der Waals surface area contributed by atoms with Gasteiger partial charge in [0.2, 0.25) is 5.91 Å². The maximum absolute atomic E-state index is 11.2. The number of carbonyl (C=O) groups is 1. The smallest absolute Gasteiger partial charge is 0.220 e. The second-order valence-corrected chi connectivity index (χ2v) is 7.68. The van der Waals surface area contributed by atoms with Gasteiger partial charge in [-0.15, -0.1) is 11.3 Å². The molecule has 0 bridgehead atoms. The number of nitrogens with zero attached hydrogens (tertiary/aromatic N) is 1. The van der Waals surface area contributed by atoms with Crippen LogP contribution < -0.4 is 10.6 Å². The lowest BCUT2D eigenvalue weighted by molar-refractivity contribution is -0.119. The van der Waals surface area contributed by atoms with Crippen LogP contribution in [-0.4, -0.2) is 23.5 Å². The minimum atomic E-state index is 0.104. The fraction of sp³-hybridized carbons (Fsp3) is 0.733. The Kier molecular flexibility index (Phi) is 4.49. The van der Waals surface area contributed by atoms with Crippen LogP contribution >= 0.6 is 11.3 Å². The van der Waals surface area contributed by atoms with Gasteiger partial charge in [-0.3, -0.25) is 4.79 Å². The first-order valence-electron chi connectivity index (χ1n) is 7.28. The van der Waals surface area contributed by atoms with Gasteiger partial charge in [-0.05, 0) is 20.3 Å². The Morgan fingerprint density at radius 1 is 1.50 bits per heavy atom. The highest BCUT2D eigenvalue weighted by atomic mass is 32.1. The summed E-state index contributed by atoms with van der Waals surface area (Å²) in [5, 5.41) is 7.70. The Hall–Kier alpha value is -0.940. The van der Waals surface area contributed by atoms with Gasteiger partial charge in [-0.1, -0.05) is 20.8 Å². The number of aryl methyl sites for hydroxylation is 1. The second kappa shape index (κ2) is 5.82. The molecule has 5 heteroatoms. The van der Waals surface area contributed by atoms with Gasteiger partial charge in [0, 0.05) is 35.3 Å². The zero-order valence-electron chi connectivity index (χ0n) is 13.0.